The lowest BCUT2D eigenvalue weighted by molar-refractivity contribution is 0.519. The molecule has 0 radical (unpaired) electrons. The number of hydrazine groups is 1. The topological polar surface area (TPSA) is 36.1 Å². The van der Waals surface area contributed by atoms with Gasteiger partial charge in [0.05, 0.1) is 6.67 Å². The summed E-state index contributed by atoms with van der Waals surface area (Å²) >= 11 is 0. The summed E-state index contributed by atoms with van der Waals surface area (Å²) in [6.45, 7) is 4.13. The Balaban J connectivity index is 2.60. The zero-order valence-corrected chi connectivity index (χ0v) is 6.33. The van der Waals surface area contributed by atoms with Crippen molar-refractivity contribution in [2.75, 3.05) is 20.3 Å². The highest BCUT2D eigenvalue weighted by molar-refractivity contribution is 4.41. The monoisotopic (exact) mass is 131 g/mol. The molecule has 3 nitrogen and oxygen atoms in total. The van der Waals surface area contributed by atoms with Crippen LogP contribution in [0.3, 0.4) is 0 Å². The van der Waals surface area contributed by atoms with E-state index in [0.29, 0.717) is 0 Å². The van der Waals surface area contributed by atoms with Gasteiger partial charge >= 0.3 is 0 Å². The molecular weight excluding hydrogens is 114 g/mol. The van der Waals surface area contributed by atoms with E-state index >= 15 is 0 Å². The smallest absolute Gasteiger partial charge is 0.0589 e. The van der Waals surface area contributed by atoms with E-state index in [4.69, 9.17) is 0 Å². The van der Waals surface area contributed by atoms with E-state index in [0.717, 1.165) is 13.2 Å². The Morgan fingerprint density at radius 1 is 1.33 bits per heavy atom. The van der Waals surface area contributed by atoms with Crippen molar-refractivity contribution in [3.63, 3.8) is 0 Å². The Morgan fingerprint density at radius 3 is 2.67 bits per heavy atom. The van der Waals surface area contributed by atoms with Gasteiger partial charge < -0.3 is 5.32 Å². The maximum Gasteiger partial charge on any atom is 0.0589 e. The second-order valence-electron chi connectivity index (χ2n) is 1.96. The molecule has 0 aromatic heterocycles. The minimum atomic E-state index is 0.844. The van der Waals surface area contributed by atoms with Crippen LogP contribution < -0.4 is 16.2 Å². The third kappa shape index (κ3) is 7.88. The quantitative estimate of drug-likeness (QED) is 0.271. The van der Waals surface area contributed by atoms with Crippen LogP contribution in [0.1, 0.15) is 19.8 Å². The molecule has 0 spiro atoms. The predicted octanol–water partition coefficient (Wildman–Crippen LogP) is 0.0576. The molecule has 0 bridgehead atoms. The maximum absolute atomic E-state index is 3.21. The zero-order valence-electron chi connectivity index (χ0n) is 6.33. The van der Waals surface area contributed by atoms with E-state index in [-0.39, 0.29) is 0 Å². The van der Waals surface area contributed by atoms with Crippen molar-refractivity contribution in [3.8, 4) is 0 Å². The Bertz CT molecular complexity index is 41.6. The lowest BCUT2D eigenvalue weighted by Gasteiger charge is -2.03. The highest BCUT2D eigenvalue weighted by Gasteiger charge is 1.81. The molecule has 0 saturated carbocycles. The van der Waals surface area contributed by atoms with Crippen LogP contribution in [0.5, 0.6) is 0 Å². The number of hydrogen-bond donors (Lipinski definition) is 3. The number of unbranched alkanes of at least 4 members (excludes halogenated alkanes) is 1. The van der Waals surface area contributed by atoms with Crippen molar-refractivity contribution < 1.29 is 0 Å². The van der Waals surface area contributed by atoms with Gasteiger partial charge in [-0.2, -0.15) is 0 Å². The van der Waals surface area contributed by atoms with E-state index in [1.54, 1.807) is 0 Å². The number of rotatable bonds is 6. The fourth-order valence-corrected chi connectivity index (χ4v) is 0.541. The van der Waals surface area contributed by atoms with Crippen molar-refractivity contribution in [2.24, 2.45) is 0 Å². The second kappa shape index (κ2) is 7.88. The standard InChI is InChI=1S/C6H17N3/c1-3-4-5-8-6-9-7-2/h7-9H,3-6H2,1-2H3. The third-order valence-corrected chi connectivity index (χ3v) is 1.10. The average molecular weight is 131 g/mol. The fourth-order valence-electron chi connectivity index (χ4n) is 0.541. The van der Waals surface area contributed by atoms with Crippen molar-refractivity contribution in [1.82, 2.24) is 16.2 Å². The van der Waals surface area contributed by atoms with E-state index in [2.05, 4.69) is 23.1 Å². The molecule has 0 aliphatic carbocycles. The molecule has 0 amide bonds. The van der Waals surface area contributed by atoms with Crippen LogP contribution in [0, 0.1) is 0 Å². The summed E-state index contributed by atoms with van der Waals surface area (Å²) in [4.78, 5) is 0. The lowest BCUT2D eigenvalue weighted by Crippen LogP contribution is -2.37. The molecule has 3 heteroatoms. The summed E-state index contributed by atoms with van der Waals surface area (Å²) in [5.41, 5.74) is 5.78. The summed E-state index contributed by atoms with van der Waals surface area (Å²) in [5.74, 6) is 0. The summed E-state index contributed by atoms with van der Waals surface area (Å²) in [5, 5.41) is 3.21. The minimum Gasteiger partial charge on any atom is -0.303 e. The van der Waals surface area contributed by atoms with Gasteiger partial charge in [0, 0.05) is 0 Å². The first kappa shape index (κ1) is 8.88. The number of nitrogens with one attached hydrogen (secondary N) is 3. The summed E-state index contributed by atoms with van der Waals surface area (Å²) in [6.07, 6.45) is 2.51. The van der Waals surface area contributed by atoms with E-state index < -0.39 is 0 Å². The van der Waals surface area contributed by atoms with Gasteiger partial charge in [0.25, 0.3) is 0 Å². The van der Waals surface area contributed by atoms with Crippen molar-refractivity contribution in [1.29, 1.82) is 0 Å². The van der Waals surface area contributed by atoms with Gasteiger partial charge in [0.15, 0.2) is 0 Å². The van der Waals surface area contributed by atoms with Gasteiger partial charge in [-0.05, 0) is 20.0 Å². The van der Waals surface area contributed by atoms with E-state index in [9.17, 15) is 0 Å². The summed E-state index contributed by atoms with van der Waals surface area (Å²) < 4.78 is 0. The minimum absolute atomic E-state index is 0.844. The first-order valence-electron chi connectivity index (χ1n) is 3.52. The molecule has 0 atom stereocenters. The first-order chi connectivity index (χ1) is 4.41. The predicted molar refractivity (Wildman–Crippen MR) is 40.0 cm³/mol. The highest BCUT2D eigenvalue weighted by Crippen LogP contribution is 1.80. The molecule has 0 rings (SSSR count). The highest BCUT2D eigenvalue weighted by atomic mass is 15.4. The Morgan fingerprint density at radius 2 is 2.11 bits per heavy atom. The van der Waals surface area contributed by atoms with Crippen LogP contribution in [0.15, 0.2) is 0 Å². The van der Waals surface area contributed by atoms with Gasteiger partial charge in [-0.3, -0.25) is 5.43 Å². The second-order valence-corrected chi connectivity index (χ2v) is 1.96. The van der Waals surface area contributed by atoms with Gasteiger partial charge in [-0.25, -0.2) is 5.43 Å². The maximum atomic E-state index is 3.21. The van der Waals surface area contributed by atoms with E-state index in [1.165, 1.54) is 12.8 Å². The SMILES string of the molecule is CCCCNCNNC. The molecule has 0 fully saturated rings. The van der Waals surface area contributed by atoms with Gasteiger partial charge in [0.1, 0.15) is 0 Å². The molecule has 0 saturated heterocycles. The van der Waals surface area contributed by atoms with Gasteiger partial charge in [0.2, 0.25) is 0 Å². The third-order valence-electron chi connectivity index (χ3n) is 1.10. The summed E-state index contributed by atoms with van der Waals surface area (Å²) in [7, 11) is 1.86. The first-order valence-corrected chi connectivity index (χ1v) is 3.52. The average Bonchev–Trinajstić information content (AvgIpc) is 1.89. The van der Waals surface area contributed by atoms with Gasteiger partial charge in [-0.15, -0.1) is 0 Å². The van der Waals surface area contributed by atoms with Crippen molar-refractivity contribution in [2.45, 2.75) is 19.8 Å². The van der Waals surface area contributed by atoms with Crippen LogP contribution in [-0.4, -0.2) is 20.3 Å². The zero-order chi connectivity index (χ0) is 6.95. The molecule has 9 heavy (non-hydrogen) atoms. The van der Waals surface area contributed by atoms with Crippen molar-refractivity contribution >= 4 is 0 Å². The van der Waals surface area contributed by atoms with Crippen LogP contribution in [0.25, 0.3) is 0 Å². The molecule has 3 N–H and O–H groups in total. The van der Waals surface area contributed by atoms with Crippen LogP contribution >= 0.6 is 0 Å². The molecule has 0 aliphatic heterocycles. The molecule has 0 aromatic rings. The molecule has 0 aromatic carbocycles. The lowest BCUT2D eigenvalue weighted by atomic mass is 10.3. The molecular formula is C6H17N3. The Hall–Kier alpha value is -0.120. The van der Waals surface area contributed by atoms with Crippen molar-refractivity contribution in [3.05, 3.63) is 0 Å². The number of hydrogen-bond acceptors (Lipinski definition) is 3. The Kier molecular flexibility index (Phi) is 7.77. The van der Waals surface area contributed by atoms with Crippen LogP contribution in [0.4, 0.5) is 0 Å². The van der Waals surface area contributed by atoms with E-state index in [1.807, 2.05) is 7.05 Å². The molecule has 0 heterocycles. The largest absolute Gasteiger partial charge is 0.303 e. The fraction of sp³-hybridized carbons (Fsp3) is 1.00. The molecule has 56 valence electrons. The molecule has 0 unspecified atom stereocenters. The molecule has 0 aliphatic rings. The normalized spacial score (nSPS) is 10.0. The van der Waals surface area contributed by atoms with Crippen LogP contribution in [0.2, 0.25) is 0 Å². The Labute approximate surface area is 57.2 Å². The van der Waals surface area contributed by atoms with Gasteiger partial charge in [-0.1, -0.05) is 13.3 Å². The van der Waals surface area contributed by atoms with Crippen LogP contribution in [-0.2, 0) is 0 Å². The summed E-state index contributed by atoms with van der Waals surface area (Å²) in [6, 6.07) is 0.